The maximum Gasteiger partial charge on any atom is 0.306 e. The fraction of sp³-hybridized carbons (Fsp3) is 0.720. The Labute approximate surface area is 192 Å². The number of Topliss-reactive ketones (excluding diaryl/α,β-unsaturated/α-hetero) is 1. The molecule has 3 unspecified atom stereocenters. The minimum Gasteiger partial charge on any atom is -0.450 e. The normalized spacial score (nSPS) is 55.7. The molecule has 6 nitrogen and oxygen atoms in total. The van der Waals surface area contributed by atoms with Crippen molar-refractivity contribution in [3.05, 3.63) is 23.8 Å². The van der Waals surface area contributed by atoms with Crippen LogP contribution in [-0.4, -0.2) is 46.1 Å². The van der Waals surface area contributed by atoms with Crippen LogP contribution in [0.25, 0.3) is 0 Å². The summed E-state index contributed by atoms with van der Waals surface area (Å²) in [5.41, 5.74) is -5.72. The molecule has 4 rings (SSSR count). The molecule has 6 heteroatoms. The van der Waals surface area contributed by atoms with E-state index in [9.17, 15) is 28.7 Å². The number of hydrogen-bond donors (Lipinski definition) is 2. The predicted molar refractivity (Wildman–Crippen MR) is 114 cm³/mol. The molecule has 0 saturated heterocycles. The maximum absolute atomic E-state index is 13.3. The lowest BCUT2D eigenvalue weighted by Gasteiger charge is -2.61. The first-order valence-corrected chi connectivity index (χ1v) is 10.8. The van der Waals surface area contributed by atoms with Crippen molar-refractivity contribution in [2.24, 2.45) is 34.5 Å². The first kappa shape index (κ1) is 15.9. The third-order valence-electron chi connectivity index (χ3n) is 7.98. The van der Waals surface area contributed by atoms with Crippen molar-refractivity contribution in [1.82, 2.24) is 0 Å². The number of allylic oxidation sites excluding steroid dienone is 4. The van der Waals surface area contributed by atoms with Gasteiger partial charge in [0, 0.05) is 28.6 Å². The molecule has 0 aromatic rings. The van der Waals surface area contributed by atoms with E-state index in [1.807, 2.05) is 0 Å². The van der Waals surface area contributed by atoms with Crippen LogP contribution in [0.1, 0.15) is 68.0 Å². The van der Waals surface area contributed by atoms with Crippen LogP contribution in [-0.2, 0) is 19.1 Å². The van der Waals surface area contributed by atoms with Crippen LogP contribution >= 0.6 is 0 Å². The molecule has 31 heavy (non-hydrogen) atoms. The van der Waals surface area contributed by atoms with E-state index in [0.717, 1.165) is 6.08 Å². The topological polar surface area (TPSA) is 101 Å². The van der Waals surface area contributed by atoms with Crippen molar-refractivity contribution in [2.75, 3.05) is 6.61 Å². The highest BCUT2D eigenvalue weighted by atomic mass is 16.6. The van der Waals surface area contributed by atoms with Crippen molar-refractivity contribution in [2.45, 2.75) is 71.5 Å². The van der Waals surface area contributed by atoms with Gasteiger partial charge in [0.2, 0.25) is 5.78 Å². The molecule has 0 spiro atoms. The predicted octanol–water partition coefficient (Wildman–Crippen LogP) is 2.76. The molecule has 3 fully saturated rings. The number of carbonyl (C=O) groups is 3. The summed E-state index contributed by atoms with van der Waals surface area (Å²) in [4.78, 5) is 38.3. The first-order chi connectivity index (χ1) is 16.8. The fourth-order valence-electron chi connectivity index (χ4n) is 6.54. The smallest absolute Gasteiger partial charge is 0.306 e. The zero-order valence-electron chi connectivity index (χ0n) is 24.4. The summed E-state index contributed by atoms with van der Waals surface area (Å²) in [5, 5.41) is 21.6. The molecule has 0 radical (unpaired) electrons. The van der Waals surface area contributed by atoms with Crippen molar-refractivity contribution < 1.29 is 37.6 Å². The van der Waals surface area contributed by atoms with E-state index < -0.39 is 88.8 Å². The number of aliphatic hydroxyl groups excluding tert-OH is 2. The van der Waals surface area contributed by atoms with Gasteiger partial charge in [-0.3, -0.25) is 14.4 Å². The zero-order chi connectivity index (χ0) is 28.1. The van der Waals surface area contributed by atoms with Crippen LogP contribution in [0.15, 0.2) is 23.8 Å². The highest BCUT2D eigenvalue weighted by molar-refractivity contribution is 6.01. The van der Waals surface area contributed by atoms with Crippen molar-refractivity contribution in [1.29, 1.82) is 0 Å². The Hall–Kier alpha value is -1.79. The van der Waals surface area contributed by atoms with Gasteiger partial charge in [-0.1, -0.05) is 39.3 Å². The van der Waals surface area contributed by atoms with Gasteiger partial charge in [0.05, 0.1) is 8.85 Å². The number of hydrogen-bond acceptors (Lipinski definition) is 6. The van der Waals surface area contributed by atoms with Crippen LogP contribution in [0, 0.1) is 34.5 Å². The molecule has 4 aliphatic rings. The molecular formula is C25H34O6. The van der Waals surface area contributed by atoms with Gasteiger partial charge in [0.25, 0.3) is 0 Å². The average Bonchev–Trinajstić information content (AvgIpc) is 3.12. The maximum atomic E-state index is 13.3. The average molecular weight is 437 g/mol. The second-order valence-electron chi connectivity index (χ2n) is 9.50. The number of carbonyl (C=O) groups excluding carboxylic acids is 3. The Kier molecular flexibility index (Phi) is 3.79. The monoisotopic (exact) mass is 436 g/mol. The summed E-state index contributed by atoms with van der Waals surface area (Å²) in [6, 6.07) is -1.15. The van der Waals surface area contributed by atoms with Crippen molar-refractivity contribution in [3.63, 3.8) is 0 Å². The molecule has 0 aromatic heterocycles. The Morgan fingerprint density at radius 1 is 1.42 bits per heavy atom. The van der Waals surface area contributed by atoms with Gasteiger partial charge in [-0.05, 0) is 55.5 Å². The molecule has 0 aromatic carbocycles. The number of fused-ring (bicyclic) bond motifs is 5. The molecule has 0 amide bonds. The molecule has 8 atom stereocenters. The van der Waals surface area contributed by atoms with Crippen LogP contribution in [0.2, 0.25) is 0 Å². The highest BCUT2D eigenvalue weighted by Gasteiger charge is 2.70. The van der Waals surface area contributed by atoms with E-state index >= 15 is 0 Å². The molecule has 3 saturated carbocycles. The highest BCUT2D eigenvalue weighted by Crippen LogP contribution is 2.68. The SMILES string of the molecule is [2H]C1=C[C@@]2(C)C(=C([2H])C1=O)C([2H])(C)CC1C3CC[C@](OC(=O)CC)(C(=O)CO)[C@@]3(C)C([2H])([2H])[C@H](O)[C@@]12[2H]. The Balaban J connectivity index is 2.02. The van der Waals surface area contributed by atoms with Crippen LogP contribution in [0.3, 0.4) is 0 Å². The lowest BCUT2D eigenvalue weighted by atomic mass is 9.44. The largest absolute Gasteiger partial charge is 0.450 e. The van der Waals surface area contributed by atoms with E-state index in [-0.39, 0.29) is 31.3 Å². The number of aliphatic hydroxyl groups is 2. The van der Waals surface area contributed by atoms with E-state index in [2.05, 4.69) is 0 Å². The van der Waals surface area contributed by atoms with E-state index in [0.29, 0.717) is 0 Å². The second kappa shape index (κ2) is 7.38. The summed E-state index contributed by atoms with van der Waals surface area (Å²) < 4.78 is 59.5. The third kappa shape index (κ3) is 2.94. The van der Waals surface area contributed by atoms with Gasteiger partial charge in [0.1, 0.15) is 6.61 Å². The van der Waals surface area contributed by atoms with Gasteiger partial charge >= 0.3 is 5.97 Å². The standard InChI is InChI=1S/C25H34O6/c1-5-21(30)31-25(20(29)13-26)9-7-17-16-10-14(2)18-11-15(27)6-8-23(18,3)22(16)19(28)12-24(17,25)4/h6,8,11,14,16-17,19,22,26,28H,5,7,9-10,12-13H2,1-4H3/t14?,16?,17?,19-,22+,23-,24-,25-/m0/s1/i6D,11D,12D2,14D,22D. The van der Waals surface area contributed by atoms with Crippen LogP contribution < -0.4 is 0 Å². The first-order valence-electron chi connectivity index (χ1n) is 13.8. The molecule has 2 N–H and O–H groups in total. The number of esters is 1. The van der Waals surface area contributed by atoms with Gasteiger partial charge in [-0.25, -0.2) is 0 Å². The van der Waals surface area contributed by atoms with E-state index in [4.69, 9.17) is 8.85 Å². The summed E-state index contributed by atoms with van der Waals surface area (Å²) in [5.74, 6) is -8.05. The Bertz CT molecular complexity index is 1150. The van der Waals surface area contributed by atoms with Gasteiger partial charge < -0.3 is 14.9 Å². The van der Waals surface area contributed by atoms with Gasteiger partial charge in [0.15, 0.2) is 11.4 Å². The Morgan fingerprint density at radius 2 is 2.13 bits per heavy atom. The summed E-state index contributed by atoms with van der Waals surface area (Å²) in [6.07, 6.45) is -3.94. The molecule has 0 aliphatic heterocycles. The van der Waals surface area contributed by atoms with Crippen molar-refractivity contribution >= 4 is 17.5 Å². The summed E-state index contributed by atoms with van der Waals surface area (Å²) >= 11 is 0. The minimum absolute atomic E-state index is 0.0428. The minimum atomic E-state index is -2.73. The van der Waals surface area contributed by atoms with Crippen molar-refractivity contribution in [3.8, 4) is 0 Å². The third-order valence-corrected chi connectivity index (χ3v) is 7.98. The number of ether oxygens (including phenoxy) is 1. The van der Waals surface area contributed by atoms with E-state index in [1.54, 1.807) is 0 Å². The van der Waals surface area contributed by atoms with Gasteiger partial charge in [-0.15, -0.1) is 0 Å². The number of rotatable bonds is 4. The quantitative estimate of drug-likeness (QED) is 0.657. The lowest BCUT2D eigenvalue weighted by molar-refractivity contribution is -0.201. The molecule has 170 valence electrons. The summed E-state index contributed by atoms with van der Waals surface area (Å²) in [6.45, 7) is 4.87. The Morgan fingerprint density at radius 3 is 2.77 bits per heavy atom. The fourth-order valence-corrected chi connectivity index (χ4v) is 6.54. The zero-order valence-corrected chi connectivity index (χ0v) is 18.4. The number of ketones is 2. The van der Waals surface area contributed by atoms with E-state index in [1.165, 1.54) is 27.7 Å². The van der Waals surface area contributed by atoms with Crippen LogP contribution in [0.5, 0.6) is 0 Å². The van der Waals surface area contributed by atoms with Gasteiger partial charge in [-0.2, -0.15) is 0 Å². The molecule has 0 heterocycles. The summed E-state index contributed by atoms with van der Waals surface area (Å²) in [7, 11) is 0. The lowest BCUT2D eigenvalue weighted by Crippen LogP contribution is -2.63. The van der Waals surface area contributed by atoms with Crippen LogP contribution in [0.4, 0.5) is 0 Å². The molecular weight excluding hydrogens is 396 g/mol. The second-order valence-corrected chi connectivity index (χ2v) is 9.50. The molecule has 4 aliphatic carbocycles. The molecule has 0 bridgehead atoms.